The van der Waals surface area contributed by atoms with Crippen LogP contribution in [0, 0.1) is 0 Å². The van der Waals surface area contributed by atoms with Gasteiger partial charge in [-0.2, -0.15) is 0 Å². The molecule has 0 aromatic rings. The molecule has 4 nitrogen and oxygen atoms in total. The van der Waals surface area contributed by atoms with Crippen molar-refractivity contribution in [2.24, 2.45) is 10.7 Å². The second-order valence-electron chi connectivity index (χ2n) is 3.24. The highest BCUT2D eigenvalue weighted by molar-refractivity contribution is 6.36. The Labute approximate surface area is 66.1 Å². The van der Waals surface area contributed by atoms with E-state index in [1.807, 2.05) is 20.8 Å². The van der Waals surface area contributed by atoms with Gasteiger partial charge < -0.3 is 10.8 Å². The zero-order valence-corrected chi connectivity index (χ0v) is 7.09. The molecule has 64 valence electrons. The Hall–Kier alpha value is -0.900. The maximum absolute atomic E-state index is 10.4. The third-order valence-corrected chi connectivity index (χ3v) is 0.911. The molecule has 0 fully saturated rings. The number of carboxylic acids is 1. The zero-order chi connectivity index (χ0) is 9.07. The molecule has 0 aromatic heterocycles. The van der Waals surface area contributed by atoms with Crippen molar-refractivity contribution in [2.45, 2.75) is 26.3 Å². The van der Waals surface area contributed by atoms with Crippen molar-refractivity contribution in [2.75, 3.05) is 6.54 Å². The van der Waals surface area contributed by atoms with E-state index in [2.05, 4.69) is 4.99 Å². The largest absolute Gasteiger partial charge is 0.477 e. The van der Waals surface area contributed by atoms with Crippen molar-refractivity contribution in [3.05, 3.63) is 0 Å². The molecule has 0 atom stereocenters. The van der Waals surface area contributed by atoms with Crippen molar-refractivity contribution in [1.29, 1.82) is 0 Å². The Kier molecular flexibility index (Phi) is 3.19. The van der Waals surface area contributed by atoms with Crippen LogP contribution in [-0.4, -0.2) is 28.9 Å². The Bertz CT molecular complexity index is 179. The molecule has 0 aromatic carbocycles. The second kappa shape index (κ2) is 3.48. The van der Waals surface area contributed by atoms with E-state index in [4.69, 9.17) is 10.8 Å². The summed E-state index contributed by atoms with van der Waals surface area (Å²) in [6, 6.07) is 0. The van der Waals surface area contributed by atoms with Gasteiger partial charge in [-0.1, -0.05) is 0 Å². The fraction of sp³-hybridized carbons (Fsp3) is 0.714. The lowest BCUT2D eigenvalue weighted by molar-refractivity contribution is -0.129. The lowest BCUT2D eigenvalue weighted by atomic mass is 10.1. The Balaban J connectivity index is 4.49. The molecule has 0 saturated carbocycles. The van der Waals surface area contributed by atoms with Gasteiger partial charge in [0.15, 0.2) is 0 Å². The first-order valence-corrected chi connectivity index (χ1v) is 3.39. The molecule has 0 amide bonds. The van der Waals surface area contributed by atoms with Gasteiger partial charge in [0.25, 0.3) is 0 Å². The summed E-state index contributed by atoms with van der Waals surface area (Å²) in [5, 5.41) is 8.53. The van der Waals surface area contributed by atoms with Gasteiger partial charge in [-0.25, -0.2) is 4.79 Å². The molecule has 0 unspecified atom stereocenters. The number of carboxylic acid groups (broad SMARTS) is 1. The Morgan fingerprint density at radius 1 is 1.55 bits per heavy atom. The second-order valence-corrected chi connectivity index (χ2v) is 3.24. The molecule has 4 heteroatoms. The molecular formula is C7H14N2O2. The fourth-order valence-corrected chi connectivity index (χ4v) is 0.586. The van der Waals surface area contributed by atoms with Crippen LogP contribution < -0.4 is 5.73 Å². The molecule has 0 aliphatic carbocycles. The fourth-order valence-electron chi connectivity index (χ4n) is 0.586. The SMILES string of the molecule is CC(C)(C)/N=C(/CN)C(=O)O. The summed E-state index contributed by atoms with van der Waals surface area (Å²) in [5.41, 5.74) is 4.83. The van der Waals surface area contributed by atoms with Crippen LogP contribution in [-0.2, 0) is 4.79 Å². The lowest BCUT2D eigenvalue weighted by Gasteiger charge is -2.12. The topological polar surface area (TPSA) is 75.7 Å². The highest BCUT2D eigenvalue weighted by Crippen LogP contribution is 2.06. The van der Waals surface area contributed by atoms with Crippen molar-refractivity contribution in [3.63, 3.8) is 0 Å². The molecule has 0 aliphatic heterocycles. The number of aliphatic carboxylic acids is 1. The van der Waals surface area contributed by atoms with Gasteiger partial charge in [0.05, 0.1) is 5.54 Å². The number of carbonyl (C=O) groups is 1. The molecule has 0 saturated heterocycles. The van der Waals surface area contributed by atoms with Crippen LogP contribution in [0.25, 0.3) is 0 Å². The van der Waals surface area contributed by atoms with Crippen LogP contribution in [0.15, 0.2) is 4.99 Å². The highest BCUT2D eigenvalue weighted by atomic mass is 16.4. The first-order chi connectivity index (χ1) is 4.87. The van der Waals surface area contributed by atoms with Gasteiger partial charge in [0.2, 0.25) is 0 Å². The van der Waals surface area contributed by atoms with Crippen LogP contribution in [0.3, 0.4) is 0 Å². The summed E-state index contributed by atoms with van der Waals surface area (Å²) in [6.45, 7) is 5.45. The minimum atomic E-state index is -1.04. The van der Waals surface area contributed by atoms with E-state index in [0.717, 1.165) is 0 Å². The maximum atomic E-state index is 10.4. The number of rotatable bonds is 2. The van der Waals surface area contributed by atoms with Gasteiger partial charge in [-0.3, -0.25) is 4.99 Å². The van der Waals surface area contributed by atoms with Crippen LogP contribution in [0.1, 0.15) is 20.8 Å². The molecule has 0 aliphatic rings. The first kappa shape index (κ1) is 10.1. The summed E-state index contributed by atoms with van der Waals surface area (Å²) < 4.78 is 0. The van der Waals surface area contributed by atoms with E-state index in [1.165, 1.54) is 0 Å². The monoisotopic (exact) mass is 158 g/mol. The number of hydrogen-bond acceptors (Lipinski definition) is 3. The zero-order valence-electron chi connectivity index (χ0n) is 7.09. The third-order valence-electron chi connectivity index (χ3n) is 0.911. The quantitative estimate of drug-likeness (QED) is 0.566. The van der Waals surface area contributed by atoms with Crippen LogP contribution >= 0.6 is 0 Å². The lowest BCUT2D eigenvalue weighted by Crippen LogP contribution is -2.27. The molecule has 11 heavy (non-hydrogen) atoms. The predicted molar refractivity (Wildman–Crippen MR) is 43.9 cm³/mol. The summed E-state index contributed by atoms with van der Waals surface area (Å²) in [5.74, 6) is -1.04. The van der Waals surface area contributed by atoms with Crippen molar-refractivity contribution in [1.82, 2.24) is 0 Å². The number of nitrogens with two attached hydrogens (primary N) is 1. The average Bonchev–Trinajstić information content (AvgIpc) is 1.80. The van der Waals surface area contributed by atoms with E-state index in [-0.39, 0.29) is 17.8 Å². The molecule has 0 spiro atoms. The summed E-state index contributed by atoms with van der Waals surface area (Å²) in [6.07, 6.45) is 0. The van der Waals surface area contributed by atoms with E-state index in [1.54, 1.807) is 0 Å². The van der Waals surface area contributed by atoms with Gasteiger partial charge in [0, 0.05) is 6.54 Å². The van der Waals surface area contributed by atoms with Crippen molar-refractivity contribution in [3.8, 4) is 0 Å². The molecule has 0 bridgehead atoms. The number of aliphatic imine (C=N–C) groups is 1. The number of hydrogen-bond donors (Lipinski definition) is 2. The smallest absolute Gasteiger partial charge is 0.351 e. The normalized spacial score (nSPS) is 13.3. The van der Waals surface area contributed by atoms with Gasteiger partial charge in [0.1, 0.15) is 5.71 Å². The molecular weight excluding hydrogens is 144 g/mol. The maximum Gasteiger partial charge on any atom is 0.351 e. The van der Waals surface area contributed by atoms with Crippen LogP contribution in [0.5, 0.6) is 0 Å². The summed E-state index contributed by atoms with van der Waals surface area (Å²) >= 11 is 0. The number of nitrogens with zero attached hydrogens (tertiary/aromatic N) is 1. The van der Waals surface area contributed by atoms with E-state index in [0.29, 0.717) is 0 Å². The predicted octanol–water partition coefficient (Wildman–Crippen LogP) is 0.269. The van der Waals surface area contributed by atoms with E-state index in [9.17, 15) is 4.79 Å². The van der Waals surface area contributed by atoms with Gasteiger partial charge in [-0.15, -0.1) is 0 Å². The van der Waals surface area contributed by atoms with Gasteiger partial charge >= 0.3 is 5.97 Å². The summed E-state index contributed by atoms with van der Waals surface area (Å²) in [7, 11) is 0. The molecule has 0 radical (unpaired) electrons. The van der Waals surface area contributed by atoms with E-state index < -0.39 is 5.97 Å². The summed E-state index contributed by atoms with van der Waals surface area (Å²) in [4.78, 5) is 14.3. The van der Waals surface area contributed by atoms with Gasteiger partial charge in [-0.05, 0) is 20.8 Å². The van der Waals surface area contributed by atoms with Crippen molar-refractivity contribution >= 4 is 11.7 Å². The average molecular weight is 158 g/mol. The highest BCUT2D eigenvalue weighted by Gasteiger charge is 2.13. The molecule has 0 heterocycles. The van der Waals surface area contributed by atoms with Crippen LogP contribution in [0.4, 0.5) is 0 Å². The Morgan fingerprint density at radius 3 is 2.09 bits per heavy atom. The van der Waals surface area contributed by atoms with E-state index >= 15 is 0 Å². The Morgan fingerprint density at radius 2 is 2.00 bits per heavy atom. The minimum Gasteiger partial charge on any atom is -0.477 e. The van der Waals surface area contributed by atoms with Crippen molar-refractivity contribution < 1.29 is 9.90 Å². The first-order valence-electron chi connectivity index (χ1n) is 3.39. The standard InChI is InChI=1S/C7H14N2O2/c1-7(2,3)9-5(4-8)6(10)11/h4,8H2,1-3H3,(H,10,11)/b9-5-. The third kappa shape index (κ3) is 4.50. The molecule has 0 rings (SSSR count). The minimum absolute atomic E-state index is 0.0212. The van der Waals surface area contributed by atoms with Crippen LogP contribution in [0.2, 0.25) is 0 Å². The molecule has 3 N–H and O–H groups in total.